The van der Waals surface area contributed by atoms with E-state index >= 15 is 0 Å². The molecule has 1 saturated carbocycles. The minimum Gasteiger partial charge on any atom is -0.381 e. The lowest BCUT2D eigenvalue weighted by atomic mass is 9.71. The molecular formula is C32H40N4O2. The van der Waals surface area contributed by atoms with Crippen molar-refractivity contribution in [1.82, 2.24) is 14.5 Å². The summed E-state index contributed by atoms with van der Waals surface area (Å²) in [7, 11) is 1.81. The van der Waals surface area contributed by atoms with Crippen molar-refractivity contribution in [2.75, 3.05) is 31.2 Å². The fraction of sp³-hybridized carbons (Fsp3) is 0.562. The molecule has 4 aliphatic rings. The average molecular weight is 513 g/mol. The van der Waals surface area contributed by atoms with Crippen molar-refractivity contribution in [3.8, 4) is 0 Å². The Morgan fingerprint density at radius 2 is 1.74 bits per heavy atom. The van der Waals surface area contributed by atoms with Crippen LogP contribution in [0.3, 0.4) is 0 Å². The molecule has 0 radical (unpaired) electrons. The summed E-state index contributed by atoms with van der Waals surface area (Å²) in [6, 6.07) is 14.1. The Morgan fingerprint density at radius 1 is 0.947 bits per heavy atom. The van der Waals surface area contributed by atoms with Crippen LogP contribution in [0.5, 0.6) is 0 Å². The van der Waals surface area contributed by atoms with Gasteiger partial charge in [0.05, 0.1) is 11.7 Å². The van der Waals surface area contributed by atoms with Crippen LogP contribution >= 0.6 is 0 Å². The standard InChI is InChI=1S/C32H40N4O2/c1-21-18-35(29-17-31(37)34(2)32-28(29)4-3-13-33-32)20-30-27-10-9-25(16-26(27)19-36(21)30)23-7-5-22(6-8-23)24-11-14-38-15-12-24/h3-4,9-10,13,16-17,21-24,30H,5-8,11-12,14-15,18-20H2,1-2H3/t21-,22-,23-,30-/m1/s1. The summed E-state index contributed by atoms with van der Waals surface area (Å²) in [6.07, 6.45) is 9.74. The van der Waals surface area contributed by atoms with Crippen LogP contribution in [0.25, 0.3) is 11.0 Å². The summed E-state index contributed by atoms with van der Waals surface area (Å²) in [4.78, 5) is 22.4. The predicted octanol–water partition coefficient (Wildman–Crippen LogP) is 5.40. The monoisotopic (exact) mass is 512 g/mol. The molecule has 2 aromatic heterocycles. The van der Waals surface area contributed by atoms with Gasteiger partial charge in [-0.05, 0) is 92.0 Å². The van der Waals surface area contributed by atoms with Gasteiger partial charge in [-0.2, -0.15) is 0 Å². The SMILES string of the molecule is C[C@@H]1CN(c2cc(=O)n(C)c3ncccc23)C[C@@H]2c3ccc([C@H]4CC[C@H](C5CCOCC5)CC4)cc3CN12. The lowest BCUT2D eigenvalue weighted by molar-refractivity contribution is 0.0378. The van der Waals surface area contributed by atoms with Crippen LogP contribution in [0.15, 0.2) is 47.4 Å². The Labute approximate surface area is 225 Å². The van der Waals surface area contributed by atoms with Crippen molar-refractivity contribution >= 4 is 16.7 Å². The number of fused-ring (bicyclic) bond motifs is 4. The highest BCUT2D eigenvalue weighted by atomic mass is 16.5. The second-order valence-electron chi connectivity index (χ2n) is 12.3. The van der Waals surface area contributed by atoms with Gasteiger partial charge < -0.3 is 9.64 Å². The van der Waals surface area contributed by atoms with Crippen molar-refractivity contribution in [2.24, 2.45) is 18.9 Å². The summed E-state index contributed by atoms with van der Waals surface area (Å²) >= 11 is 0. The zero-order valence-corrected chi connectivity index (χ0v) is 22.8. The predicted molar refractivity (Wildman–Crippen MR) is 152 cm³/mol. The molecule has 6 heteroatoms. The van der Waals surface area contributed by atoms with Crippen molar-refractivity contribution in [3.05, 3.63) is 69.6 Å². The van der Waals surface area contributed by atoms with E-state index in [4.69, 9.17) is 4.74 Å². The maximum Gasteiger partial charge on any atom is 0.253 e. The summed E-state index contributed by atoms with van der Waals surface area (Å²) in [5.74, 6) is 2.51. The summed E-state index contributed by atoms with van der Waals surface area (Å²) < 4.78 is 7.26. The van der Waals surface area contributed by atoms with Crippen LogP contribution in [-0.4, -0.2) is 46.8 Å². The highest BCUT2D eigenvalue weighted by Gasteiger charge is 2.40. The van der Waals surface area contributed by atoms with Gasteiger partial charge in [0.2, 0.25) is 0 Å². The molecule has 0 spiro atoms. The number of ether oxygens (including phenoxy) is 1. The van der Waals surface area contributed by atoms with Crippen molar-refractivity contribution in [2.45, 2.75) is 70.0 Å². The van der Waals surface area contributed by atoms with Crippen LogP contribution in [0, 0.1) is 11.8 Å². The highest BCUT2D eigenvalue weighted by Crippen LogP contribution is 2.45. The Kier molecular flexibility index (Phi) is 6.28. The fourth-order valence-electron chi connectivity index (χ4n) is 8.03. The van der Waals surface area contributed by atoms with E-state index in [2.05, 4.69) is 46.0 Å². The second kappa shape index (κ2) is 9.80. The summed E-state index contributed by atoms with van der Waals surface area (Å²) in [6.45, 7) is 7.15. The number of hydrogen-bond donors (Lipinski definition) is 0. The summed E-state index contributed by atoms with van der Waals surface area (Å²) in [5, 5.41) is 1.06. The maximum atomic E-state index is 12.8. The van der Waals surface area contributed by atoms with E-state index in [0.717, 1.165) is 61.4 Å². The minimum absolute atomic E-state index is 0.00397. The fourth-order valence-corrected chi connectivity index (χ4v) is 8.03. The molecule has 3 fully saturated rings. The van der Waals surface area contributed by atoms with Gasteiger partial charge in [-0.1, -0.05) is 18.2 Å². The molecule has 0 amide bonds. The molecule has 2 atom stereocenters. The number of nitrogens with zero attached hydrogens (tertiary/aromatic N) is 4. The van der Waals surface area contributed by atoms with Gasteiger partial charge in [0.1, 0.15) is 5.65 Å². The maximum absolute atomic E-state index is 12.8. The van der Waals surface area contributed by atoms with Gasteiger partial charge in [-0.3, -0.25) is 14.3 Å². The van der Waals surface area contributed by atoms with Crippen molar-refractivity contribution in [1.29, 1.82) is 0 Å². The molecule has 0 unspecified atom stereocenters. The quantitative estimate of drug-likeness (QED) is 0.470. The number of hydrogen-bond acceptors (Lipinski definition) is 5. The zero-order chi connectivity index (χ0) is 25.8. The zero-order valence-electron chi connectivity index (χ0n) is 22.8. The molecule has 200 valence electrons. The highest BCUT2D eigenvalue weighted by molar-refractivity contribution is 5.89. The summed E-state index contributed by atoms with van der Waals surface area (Å²) in [5.41, 5.74) is 6.34. The van der Waals surface area contributed by atoms with Gasteiger partial charge >= 0.3 is 0 Å². The number of aromatic nitrogens is 2. The first-order valence-corrected chi connectivity index (χ1v) is 14.7. The first-order chi connectivity index (χ1) is 18.6. The number of piperazine rings is 1. The molecule has 0 bridgehead atoms. The molecular weight excluding hydrogens is 472 g/mol. The van der Waals surface area contributed by atoms with Gasteiger partial charge in [-0.15, -0.1) is 0 Å². The van der Waals surface area contributed by atoms with Gasteiger partial charge in [-0.25, -0.2) is 4.98 Å². The molecule has 3 aromatic rings. The van der Waals surface area contributed by atoms with E-state index < -0.39 is 0 Å². The van der Waals surface area contributed by atoms with Crippen LogP contribution in [-0.2, 0) is 18.3 Å². The lowest BCUT2D eigenvalue weighted by Gasteiger charge is -2.43. The second-order valence-corrected chi connectivity index (χ2v) is 12.3. The molecule has 2 saturated heterocycles. The van der Waals surface area contributed by atoms with E-state index in [-0.39, 0.29) is 5.56 Å². The Bertz CT molecular complexity index is 1390. The lowest BCUT2D eigenvalue weighted by Crippen LogP contribution is -2.51. The average Bonchev–Trinajstić information content (AvgIpc) is 3.34. The van der Waals surface area contributed by atoms with Crippen LogP contribution in [0.4, 0.5) is 5.69 Å². The molecule has 6 nitrogen and oxygen atoms in total. The Morgan fingerprint density at radius 3 is 2.55 bits per heavy atom. The number of rotatable bonds is 3. The van der Waals surface area contributed by atoms with Gasteiger partial charge in [0.15, 0.2) is 0 Å². The molecule has 7 rings (SSSR count). The first kappa shape index (κ1) is 24.3. The van der Waals surface area contributed by atoms with E-state index in [1.807, 2.05) is 19.2 Å². The van der Waals surface area contributed by atoms with E-state index in [9.17, 15) is 4.79 Å². The molecule has 1 aromatic carbocycles. The van der Waals surface area contributed by atoms with E-state index in [1.54, 1.807) is 16.3 Å². The van der Waals surface area contributed by atoms with Crippen molar-refractivity contribution < 1.29 is 4.74 Å². The van der Waals surface area contributed by atoms with Crippen LogP contribution < -0.4 is 10.5 Å². The number of anilines is 1. The van der Waals surface area contributed by atoms with Crippen LogP contribution in [0.1, 0.15) is 74.1 Å². The molecule has 5 heterocycles. The molecule has 0 N–H and O–H groups in total. The minimum atomic E-state index is 0.00397. The largest absolute Gasteiger partial charge is 0.381 e. The third-order valence-corrected chi connectivity index (χ3v) is 10.2. The third kappa shape index (κ3) is 4.17. The number of aryl methyl sites for hydroxylation is 1. The molecule has 38 heavy (non-hydrogen) atoms. The van der Waals surface area contributed by atoms with Gasteiger partial charge in [0.25, 0.3) is 5.56 Å². The Balaban J connectivity index is 1.11. The number of pyridine rings is 2. The topological polar surface area (TPSA) is 50.6 Å². The van der Waals surface area contributed by atoms with E-state index in [1.165, 1.54) is 49.7 Å². The molecule has 1 aliphatic carbocycles. The van der Waals surface area contributed by atoms with Crippen LogP contribution in [0.2, 0.25) is 0 Å². The first-order valence-electron chi connectivity index (χ1n) is 14.7. The van der Waals surface area contributed by atoms with Crippen molar-refractivity contribution in [3.63, 3.8) is 0 Å². The third-order valence-electron chi connectivity index (χ3n) is 10.2. The smallest absolute Gasteiger partial charge is 0.253 e. The number of benzene rings is 1. The van der Waals surface area contributed by atoms with Gasteiger partial charge in [0, 0.05) is 63.6 Å². The molecule has 3 aliphatic heterocycles. The normalized spacial score (nSPS) is 28.4. The van der Waals surface area contributed by atoms with E-state index in [0.29, 0.717) is 18.0 Å². The Hall–Kier alpha value is -2.70.